The highest BCUT2D eigenvalue weighted by atomic mass is 79.9. The fourth-order valence-electron chi connectivity index (χ4n) is 1.72. The van der Waals surface area contributed by atoms with Crippen LogP contribution in [0.25, 0.3) is 0 Å². The molecule has 3 N–H and O–H groups in total. The maximum Gasteiger partial charge on any atom is 0.241 e. The first-order chi connectivity index (χ1) is 9.79. The minimum absolute atomic E-state index is 0.0744. The summed E-state index contributed by atoms with van der Waals surface area (Å²) in [6.07, 6.45) is 3.13. The van der Waals surface area contributed by atoms with Gasteiger partial charge in [0.15, 0.2) is 0 Å². The number of hydrogen-bond donors (Lipinski definition) is 2. The van der Waals surface area contributed by atoms with Crippen molar-refractivity contribution in [2.45, 2.75) is 25.3 Å². The number of nitrogens with one attached hydrogen (secondary N) is 1. The van der Waals surface area contributed by atoms with Crippen molar-refractivity contribution in [1.29, 1.82) is 0 Å². The standard InChI is InChI=1S/C13H15BrN4O2S/c1-8-3-11(14)12(15)4-13(8)21(19,20)18-7-10-6-16-9(2)5-17-10/h3-6,18H,7,15H2,1-2H3. The van der Waals surface area contributed by atoms with E-state index in [-0.39, 0.29) is 11.4 Å². The van der Waals surface area contributed by atoms with Gasteiger partial charge in [0.1, 0.15) is 0 Å². The van der Waals surface area contributed by atoms with E-state index in [2.05, 4.69) is 30.6 Å². The summed E-state index contributed by atoms with van der Waals surface area (Å²) in [7, 11) is -3.66. The number of nitrogens with two attached hydrogens (primary N) is 1. The van der Waals surface area contributed by atoms with Crippen molar-refractivity contribution in [1.82, 2.24) is 14.7 Å². The topological polar surface area (TPSA) is 98.0 Å². The molecule has 0 aliphatic carbocycles. The Labute approximate surface area is 132 Å². The van der Waals surface area contributed by atoms with Gasteiger partial charge >= 0.3 is 0 Å². The Morgan fingerprint density at radius 3 is 2.57 bits per heavy atom. The number of hydrogen-bond acceptors (Lipinski definition) is 5. The SMILES string of the molecule is Cc1cnc(CNS(=O)(=O)c2cc(N)c(Br)cc2C)cn1. The molecular weight excluding hydrogens is 356 g/mol. The molecule has 0 atom stereocenters. The van der Waals surface area contributed by atoms with E-state index in [4.69, 9.17) is 5.73 Å². The molecule has 1 heterocycles. The van der Waals surface area contributed by atoms with Gasteiger partial charge in [-0.25, -0.2) is 13.1 Å². The molecule has 0 radical (unpaired) electrons. The first-order valence-corrected chi connectivity index (χ1v) is 8.40. The van der Waals surface area contributed by atoms with Gasteiger partial charge in [-0.15, -0.1) is 0 Å². The Morgan fingerprint density at radius 1 is 1.24 bits per heavy atom. The van der Waals surface area contributed by atoms with Crippen LogP contribution in [0.1, 0.15) is 17.0 Å². The van der Waals surface area contributed by atoms with E-state index in [9.17, 15) is 8.42 Å². The van der Waals surface area contributed by atoms with E-state index < -0.39 is 10.0 Å². The number of aryl methyl sites for hydroxylation is 2. The zero-order valence-electron chi connectivity index (χ0n) is 11.6. The molecule has 21 heavy (non-hydrogen) atoms. The normalized spacial score (nSPS) is 11.6. The minimum Gasteiger partial charge on any atom is -0.398 e. The molecule has 1 aromatic heterocycles. The summed E-state index contributed by atoms with van der Waals surface area (Å²) in [5, 5.41) is 0. The van der Waals surface area contributed by atoms with Crippen LogP contribution in [0.4, 0.5) is 5.69 Å². The van der Waals surface area contributed by atoms with Gasteiger partial charge in [-0.1, -0.05) is 0 Å². The molecule has 2 rings (SSSR count). The van der Waals surface area contributed by atoms with Crippen LogP contribution in [-0.2, 0) is 16.6 Å². The second-order valence-electron chi connectivity index (χ2n) is 4.61. The minimum atomic E-state index is -3.66. The number of nitrogen functional groups attached to an aromatic ring is 1. The lowest BCUT2D eigenvalue weighted by Crippen LogP contribution is -2.24. The summed E-state index contributed by atoms with van der Waals surface area (Å²) in [5.41, 5.74) is 8.05. The first-order valence-electron chi connectivity index (χ1n) is 6.12. The highest BCUT2D eigenvalue weighted by Crippen LogP contribution is 2.26. The predicted molar refractivity (Wildman–Crippen MR) is 84.1 cm³/mol. The molecule has 112 valence electrons. The zero-order chi connectivity index (χ0) is 15.6. The average Bonchev–Trinajstić information content (AvgIpc) is 2.42. The Hall–Kier alpha value is -1.51. The molecule has 0 fully saturated rings. The van der Waals surface area contributed by atoms with Gasteiger partial charge in [-0.3, -0.25) is 9.97 Å². The van der Waals surface area contributed by atoms with Crippen LogP contribution < -0.4 is 10.5 Å². The molecule has 0 saturated heterocycles. The largest absolute Gasteiger partial charge is 0.398 e. The van der Waals surface area contributed by atoms with Crippen molar-refractivity contribution in [3.05, 3.63) is 46.0 Å². The lowest BCUT2D eigenvalue weighted by atomic mass is 10.2. The molecule has 1 aromatic carbocycles. The van der Waals surface area contributed by atoms with Crippen molar-refractivity contribution >= 4 is 31.6 Å². The average molecular weight is 371 g/mol. The fraction of sp³-hybridized carbons (Fsp3) is 0.231. The number of aromatic nitrogens is 2. The van der Waals surface area contributed by atoms with Crippen LogP contribution in [0.2, 0.25) is 0 Å². The Balaban J connectivity index is 2.22. The molecule has 0 amide bonds. The van der Waals surface area contributed by atoms with E-state index >= 15 is 0 Å². The number of rotatable bonds is 4. The molecule has 0 aliphatic rings. The summed E-state index contributed by atoms with van der Waals surface area (Å²) >= 11 is 3.27. The zero-order valence-corrected chi connectivity index (χ0v) is 14.0. The quantitative estimate of drug-likeness (QED) is 0.801. The van der Waals surface area contributed by atoms with Gasteiger partial charge < -0.3 is 5.73 Å². The molecule has 2 aromatic rings. The molecular formula is C13H15BrN4O2S. The van der Waals surface area contributed by atoms with Crippen LogP contribution >= 0.6 is 15.9 Å². The summed E-state index contributed by atoms with van der Waals surface area (Å²) in [4.78, 5) is 8.34. The van der Waals surface area contributed by atoms with Crippen molar-refractivity contribution < 1.29 is 8.42 Å². The number of benzene rings is 1. The van der Waals surface area contributed by atoms with E-state index in [1.807, 2.05) is 6.92 Å². The first kappa shape index (κ1) is 15.9. The lowest BCUT2D eigenvalue weighted by Gasteiger charge is -2.11. The van der Waals surface area contributed by atoms with Crippen LogP contribution in [0.5, 0.6) is 0 Å². The highest BCUT2D eigenvalue weighted by Gasteiger charge is 2.18. The molecule has 6 nitrogen and oxygen atoms in total. The van der Waals surface area contributed by atoms with Crippen molar-refractivity contribution in [3.63, 3.8) is 0 Å². The number of nitrogens with zero attached hydrogens (tertiary/aromatic N) is 2. The van der Waals surface area contributed by atoms with E-state index in [0.29, 0.717) is 21.4 Å². The van der Waals surface area contributed by atoms with Crippen LogP contribution in [0.15, 0.2) is 33.9 Å². The van der Waals surface area contributed by atoms with Crippen molar-refractivity contribution in [2.24, 2.45) is 0 Å². The maximum absolute atomic E-state index is 12.3. The van der Waals surface area contributed by atoms with Crippen molar-refractivity contribution in [3.8, 4) is 0 Å². The van der Waals surface area contributed by atoms with Gasteiger partial charge in [0, 0.05) is 16.4 Å². The van der Waals surface area contributed by atoms with E-state index in [1.54, 1.807) is 25.4 Å². The maximum atomic E-state index is 12.3. The Bertz CT molecular complexity index is 760. The van der Waals surface area contributed by atoms with Crippen LogP contribution in [0, 0.1) is 13.8 Å². The second kappa shape index (κ2) is 6.08. The molecule has 0 spiro atoms. The molecule has 0 saturated carbocycles. The Morgan fingerprint density at radius 2 is 1.95 bits per heavy atom. The fourth-order valence-corrected chi connectivity index (χ4v) is 3.43. The number of anilines is 1. The smallest absolute Gasteiger partial charge is 0.241 e. The molecule has 0 unspecified atom stereocenters. The van der Waals surface area contributed by atoms with Gasteiger partial charge in [0.05, 0.1) is 29.0 Å². The summed E-state index contributed by atoms with van der Waals surface area (Å²) in [6.45, 7) is 3.60. The van der Waals surface area contributed by atoms with E-state index in [0.717, 1.165) is 5.69 Å². The van der Waals surface area contributed by atoms with E-state index in [1.165, 1.54) is 6.07 Å². The number of sulfonamides is 1. The highest BCUT2D eigenvalue weighted by molar-refractivity contribution is 9.10. The summed E-state index contributed by atoms with van der Waals surface area (Å²) in [6, 6.07) is 3.11. The monoisotopic (exact) mass is 370 g/mol. The number of halogens is 1. The summed E-state index contributed by atoms with van der Waals surface area (Å²) in [5.74, 6) is 0. The van der Waals surface area contributed by atoms with Crippen LogP contribution in [0.3, 0.4) is 0 Å². The van der Waals surface area contributed by atoms with Gasteiger partial charge in [-0.2, -0.15) is 0 Å². The third kappa shape index (κ3) is 3.78. The third-order valence-corrected chi connectivity index (χ3v) is 5.09. The molecule has 0 aliphatic heterocycles. The second-order valence-corrected chi connectivity index (χ2v) is 7.20. The molecule has 0 bridgehead atoms. The van der Waals surface area contributed by atoms with Gasteiger partial charge in [-0.05, 0) is 47.5 Å². The van der Waals surface area contributed by atoms with Gasteiger partial charge in [0.2, 0.25) is 10.0 Å². The lowest BCUT2D eigenvalue weighted by molar-refractivity contribution is 0.579. The third-order valence-electron chi connectivity index (χ3n) is 2.86. The van der Waals surface area contributed by atoms with Gasteiger partial charge in [0.25, 0.3) is 0 Å². The molecule has 8 heteroatoms. The predicted octanol–water partition coefficient (Wildman–Crippen LogP) is 1.92. The van der Waals surface area contributed by atoms with Crippen molar-refractivity contribution in [2.75, 3.05) is 5.73 Å². The summed E-state index contributed by atoms with van der Waals surface area (Å²) < 4.78 is 27.8. The van der Waals surface area contributed by atoms with Crippen LogP contribution in [-0.4, -0.2) is 18.4 Å². The Kier molecular flexibility index (Phi) is 4.60.